The predicted molar refractivity (Wildman–Crippen MR) is 58.2 cm³/mol. The Balaban J connectivity index is 2.22. The fourth-order valence-electron chi connectivity index (χ4n) is 2.04. The molecule has 0 saturated heterocycles. The van der Waals surface area contributed by atoms with E-state index in [-0.39, 0.29) is 11.5 Å². The monoisotopic (exact) mass is 190 g/mol. The van der Waals surface area contributed by atoms with Crippen molar-refractivity contribution in [3.8, 4) is 0 Å². The van der Waals surface area contributed by atoms with Crippen LogP contribution < -0.4 is 0 Å². The van der Waals surface area contributed by atoms with E-state index in [1.165, 1.54) is 18.4 Å². The zero-order chi connectivity index (χ0) is 10.2. The summed E-state index contributed by atoms with van der Waals surface area (Å²) in [6.45, 7) is 4.26. The molecule has 0 aromatic heterocycles. The van der Waals surface area contributed by atoms with Crippen LogP contribution in [0.5, 0.6) is 0 Å². The van der Waals surface area contributed by atoms with Crippen molar-refractivity contribution < 1.29 is 5.11 Å². The lowest BCUT2D eigenvalue weighted by Crippen LogP contribution is -2.35. The molecule has 1 aliphatic rings. The molecule has 0 spiro atoms. The molecular weight excluding hydrogens is 172 g/mol. The van der Waals surface area contributed by atoms with Crippen LogP contribution in [0.25, 0.3) is 0 Å². The maximum atomic E-state index is 10.2. The van der Waals surface area contributed by atoms with E-state index in [4.69, 9.17) is 0 Å². The Morgan fingerprint density at radius 3 is 2.29 bits per heavy atom. The molecule has 0 amide bonds. The molecule has 1 heteroatoms. The van der Waals surface area contributed by atoms with Gasteiger partial charge in [-0.1, -0.05) is 44.2 Å². The maximum absolute atomic E-state index is 10.2. The fraction of sp³-hybridized carbons (Fsp3) is 0.538. The average Bonchev–Trinajstić information content (AvgIpc) is 3.01. The first-order valence-electron chi connectivity index (χ1n) is 5.36. The third-order valence-electron chi connectivity index (χ3n) is 3.33. The van der Waals surface area contributed by atoms with Crippen molar-refractivity contribution in [2.24, 2.45) is 5.92 Å². The average molecular weight is 190 g/mol. The highest BCUT2D eigenvalue weighted by Gasteiger charge is 2.40. The van der Waals surface area contributed by atoms with E-state index >= 15 is 0 Å². The Morgan fingerprint density at radius 1 is 1.21 bits per heavy atom. The molecule has 0 aliphatic heterocycles. The molecule has 1 unspecified atom stereocenters. The first kappa shape index (κ1) is 9.72. The molecule has 0 radical (unpaired) electrons. The van der Waals surface area contributed by atoms with E-state index in [1.54, 1.807) is 0 Å². The van der Waals surface area contributed by atoms with Crippen molar-refractivity contribution in [3.63, 3.8) is 0 Å². The first-order valence-corrected chi connectivity index (χ1v) is 5.36. The summed E-state index contributed by atoms with van der Waals surface area (Å²) in [4.78, 5) is 0. The van der Waals surface area contributed by atoms with E-state index in [9.17, 15) is 5.11 Å². The van der Waals surface area contributed by atoms with Gasteiger partial charge in [0.2, 0.25) is 0 Å². The van der Waals surface area contributed by atoms with Gasteiger partial charge in [0, 0.05) is 5.41 Å². The van der Waals surface area contributed by atoms with Crippen LogP contribution in [-0.4, -0.2) is 11.2 Å². The zero-order valence-corrected chi connectivity index (χ0v) is 8.90. The van der Waals surface area contributed by atoms with Gasteiger partial charge in [0.05, 0.1) is 6.10 Å². The Hall–Kier alpha value is -0.820. The number of rotatable bonds is 3. The van der Waals surface area contributed by atoms with Crippen molar-refractivity contribution in [2.45, 2.75) is 38.2 Å². The van der Waals surface area contributed by atoms with Crippen LogP contribution in [0, 0.1) is 5.92 Å². The third kappa shape index (κ3) is 1.69. The molecule has 1 N–H and O–H groups in total. The number of aliphatic hydroxyl groups excluding tert-OH is 1. The quantitative estimate of drug-likeness (QED) is 0.777. The normalized spacial score (nSPS) is 19.4. The van der Waals surface area contributed by atoms with Gasteiger partial charge < -0.3 is 5.11 Å². The summed E-state index contributed by atoms with van der Waals surface area (Å²) in [5, 5.41) is 10.2. The van der Waals surface area contributed by atoms with E-state index in [2.05, 4.69) is 26.0 Å². The van der Waals surface area contributed by atoms with E-state index < -0.39 is 0 Å². The van der Waals surface area contributed by atoms with Gasteiger partial charge in [0.1, 0.15) is 0 Å². The van der Waals surface area contributed by atoms with Crippen LogP contribution in [-0.2, 0) is 5.41 Å². The van der Waals surface area contributed by atoms with E-state index in [1.807, 2.05) is 18.2 Å². The van der Waals surface area contributed by atoms with Crippen molar-refractivity contribution in [1.82, 2.24) is 0 Å². The van der Waals surface area contributed by atoms with Gasteiger partial charge in [-0.3, -0.25) is 0 Å². The summed E-state index contributed by atoms with van der Waals surface area (Å²) in [5.41, 5.74) is 1.13. The molecule has 0 heterocycles. The predicted octanol–water partition coefficient (Wildman–Crippen LogP) is 2.74. The molecule has 1 aliphatic carbocycles. The highest BCUT2D eigenvalue weighted by molar-refractivity contribution is 5.25. The summed E-state index contributed by atoms with van der Waals surface area (Å²) in [6.07, 6.45) is 2.19. The topological polar surface area (TPSA) is 20.2 Å². The first-order chi connectivity index (χ1) is 6.62. The summed E-state index contributed by atoms with van der Waals surface area (Å²) in [6, 6.07) is 10.3. The second kappa shape index (κ2) is 3.39. The SMILES string of the molecule is CC(C)(c1ccccc1)C(O)C1CC1. The molecule has 2 rings (SSSR count). The molecule has 1 fully saturated rings. The lowest BCUT2D eigenvalue weighted by molar-refractivity contribution is 0.0790. The second-order valence-corrected chi connectivity index (χ2v) is 4.87. The molecule has 14 heavy (non-hydrogen) atoms. The summed E-state index contributed by atoms with van der Waals surface area (Å²) in [7, 11) is 0. The highest BCUT2D eigenvalue weighted by atomic mass is 16.3. The Kier molecular flexibility index (Phi) is 2.36. The Labute approximate surface area is 85.8 Å². The summed E-state index contributed by atoms with van der Waals surface area (Å²) < 4.78 is 0. The van der Waals surface area contributed by atoms with Gasteiger partial charge >= 0.3 is 0 Å². The second-order valence-electron chi connectivity index (χ2n) is 4.87. The van der Waals surface area contributed by atoms with Crippen molar-refractivity contribution >= 4 is 0 Å². The molecule has 0 bridgehead atoms. The largest absolute Gasteiger partial charge is 0.392 e. The number of hydrogen-bond donors (Lipinski definition) is 1. The number of aliphatic hydroxyl groups is 1. The minimum Gasteiger partial charge on any atom is -0.392 e. The molecule has 1 atom stereocenters. The molecule has 76 valence electrons. The van der Waals surface area contributed by atoms with Crippen LogP contribution in [0.2, 0.25) is 0 Å². The molecule has 1 aromatic carbocycles. The minimum atomic E-state index is -0.190. The lowest BCUT2D eigenvalue weighted by atomic mass is 9.77. The minimum absolute atomic E-state index is 0.109. The number of hydrogen-bond acceptors (Lipinski definition) is 1. The van der Waals surface area contributed by atoms with Crippen LogP contribution in [0.15, 0.2) is 30.3 Å². The van der Waals surface area contributed by atoms with E-state index in [0.29, 0.717) is 5.92 Å². The molecule has 1 nitrogen and oxygen atoms in total. The van der Waals surface area contributed by atoms with Crippen molar-refractivity contribution in [2.75, 3.05) is 0 Å². The molecular formula is C13H18O. The summed E-state index contributed by atoms with van der Waals surface area (Å²) >= 11 is 0. The van der Waals surface area contributed by atoms with Crippen LogP contribution in [0.1, 0.15) is 32.3 Å². The van der Waals surface area contributed by atoms with Crippen molar-refractivity contribution in [1.29, 1.82) is 0 Å². The van der Waals surface area contributed by atoms with Crippen LogP contribution >= 0.6 is 0 Å². The fourth-order valence-corrected chi connectivity index (χ4v) is 2.04. The molecule has 1 saturated carbocycles. The molecule has 1 aromatic rings. The standard InChI is InChI=1S/C13H18O/c1-13(2,12(14)10-8-9-10)11-6-4-3-5-7-11/h3-7,10,12,14H,8-9H2,1-2H3. The van der Waals surface area contributed by atoms with Gasteiger partial charge in [-0.2, -0.15) is 0 Å². The third-order valence-corrected chi connectivity index (χ3v) is 3.33. The Bertz CT molecular complexity index is 298. The zero-order valence-electron chi connectivity index (χ0n) is 8.90. The van der Waals surface area contributed by atoms with Gasteiger partial charge in [-0.15, -0.1) is 0 Å². The highest BCUT2D eigenvalue weighted by Crippen LogP contribution is 2.41. The van der Waals surface area contributed by atoms with Gasteiger partial charge in [-0.05, 0) is 24.3 Å². The van der Waals surface area contributed by atoms with Gasteiger partial charge in [0.15, 0.2) is 0 Å². The maximum Gasteiger partial charge on any atom is 0.0659 e. The lowest BCUT2D eigenvalue weighted by Gasteiger charge is -2.31. The van der Waals surface area contributed by atoms with E-state index in [0.717, 1.165) is 0 Å². The van der Waals surface area contributed by atoms with Crippen LogP contribution in [0.3, 0.4) is 0 Å². The van der Waals surface area contributed by atoms with Crippen molar-refractivity contribution in [3.05, 3.63) is 35.9 Å². The Morgan fingerprint density at radius 2 is 1.79 bits per heavy atom. The van der Waals surface area contributed by atoms with Gasteiger partial charge in [-0.25, -0.2) is 0 Å². The summed E-state index contributed by atoms with van der Waals surface area (Å²) in [5.74, 6) is 0.533. The van der Waals surface area contributed by atoms with Gasteiger partial charge in [0.25, 0.3) is 0 Å². The number of benzene rings is 1. The van der Waals surface area contributed by atoms with Crippen LogP contribution in [0.4, 0.5) is 0 Å². The smallest absolute Gasteiger partial charge is 0.0659 e.